The zero-order valence-electron chi connectivity index (χ0n) is 19.4. The van der Waals surface area contributed by atoms with Gasteiger partial charge in [0.1, 0.15) is 18.9 Å². The lowest BCUT2D eigenvalue weighted by Gasteiger charge is -2.33. The van der Waals surface area contributed by atoms with Crippen molar-refractivity contribution in [2.75, 3.05) is 25.1 Å². The number of cyclic esters (lactones) is 1. The number of unbranched alkanes of at least 4 members (excludes halogenated alkanes) is 1. The van der Waals surface area contributed by atoms with Crippen molar-refractivity contribution in [1.29, 1.82) is 0 Å². The van der Waals surface area contributed by atoms with Crippen LogP contribution in [0.15, 0.2) is 59.8 Å². The molecule has 0 unspecified atom stereocenters. The summed E-state index contributed by atoms with van der Waals surface area (Å²) in [5.41, 5.74) is 3.25. The largest absolute Gasteiger partial charge is 0.494 e. The molecule has 0 saturated heterocycles. The molecule has 0 radical (unpaired) electrons. The number of nitrogens with one attached hydrogen (secondary N) is 2. The third kappa shape index (κ3) is 4.90. The van der Waals surface area contributed by atoms with Crippen LogP contribution in [0.2, 0.25) is 0 Å². The zero-order chi connectivity index (χ0) is 24.1. The number of ether oxygens (including phenoxy) is 2. The third-order valence-corrected chi connectivity index (χ3v) is 5.89. The van der Waals surface area contributed by atoms with E-state index < -0.39 is 18.0 Å². The Morgan fingerprint density at radius 3 is 2.65 bits per heavy atom. The number of urea groups is 1. The molecule has 1 atom stereocenters. The highest BCUT2D eigenvalue weighted by molar-refractivity contribution is 6.00. The van der Waals surface area contributed by atoms with Crippen LogP contribution >= 0.6 is 0 Å². The lowest BCUT2D eigenvalue weighted by atomic mass is 9.95. The highest BCUT2D eigenvalue weighted by atomic mass is 16.5. The molecule has 0 fully saturated rings. The molecule has 3 amide bonds. The van der Waals surface area contributed by atoms with Gasteiger partial charge in [-0.2, -0.15) is 0 Å². The van der Waals surface area contributed by atoms with E-state index in [1.165, 1.54) is 10.5 Å². The molecule has 34 heavy (non-hydrogen) atoms. The maximum atomic E-state index is 13.0. The highest BCUT2D eigenvalue weighted by Crippen LogP contribution is 2.38. The molecule has 2 N–H and O–H groups in total. The SMILES string of the molecule is CCCCc1ccc(NC(=O)CN2C(=O)N[C@H](c3ccccc3OCC)C3=C2COC3=O)cc1. The molecule has 8 nitrogen and oxygen atoms in total. The number of anilines is 1. The summed E-state index contributed by atoms with van der Waals surface area (Å²) in [6.07, 6.45) is 3.24. The number of nitrogens with zero attached hydrogens (tertiary/aromatic N) is 1. The minimum atomic E-state index is -0.713. The molecule has 0 saturated carbocycles. The van der Waals surface area contributed by atoms with Crippen molar-refractivity contribution >= 4 is 23.6 Å². The van der Waals surface area contributed by atoms with E-state index in [4.69, 9.17) is 9.47 Å². The maximum absolute atomic E-state index is 13.0. The molecule has 2 aromatic carbocycles. The van der Waals surface area contributed by atoms with Gasteiger partial charge in [-0.3, -0.25) is 9.69 Å². The summed E-state index contributed by atoms with van der Waals surface area (Å²) in [5.74, 6) is -0.300. The fraction of sp³-hybridized carbons (Fsp3) is 0.346. The van der Waals surface area contributed by atoms with Crippen LogP contribution in [0.1, 0.15) is 43.9 Å². The normalized spacial score (nSPS) is 17.2. The van der Waals surface area contributed by atoms with Crippen LogP contribution in [0, 0.1) is 0 Å². The van der Waals surface area contributed by atoms with Crippen molar-refractivity contribution in [3.63, 3.8) is 0 Å². The molecule has 2 heterocycles. The molecule has 2 aliphatic rings. The van der Waals surface area contributed by atoms with Gasteiger partial charge < -0.3 is 20.1 Å². The van der Waals surface area contributed by atoms with Crippen molar-refractivity contribution in [1.82, 2.24) is 10.2 Å². The fourth-order valence-electron chi connectivity index (χ4n) is 4.20. The number of carbonyl (C=O) groups is 3. The van der Waals surface area contributed by atoms with Gasteiger partial charge in [0, 0.05) is 11.3 Å². The molecule has 178 valence electrons. The highest BCUT2D eigenvalue weighted by Gasteiger charge is 2.43. The second-order valence-corrected chi connectivity index (χ2v) is 8.22. The number of hydrogen-bond acceptors (Lipinski definition) is 5. The number of benzene rings is 2. The first-order valence-corrected chi connectivity index (χ1v) is 11.6. The molecule has 0 bridgehead atoms. The van der Waals surface area contributed by atoms with Gasteiger partial charge in [-0.25, -0.2) is 9.59 Å². The van der Waals surface area contributed by atoms with E-state index in [-0.39, 0.29) is 19.1 Å². The fourth-order valence-corrected chi connectivity index (χ4v) is 4.20. The average molecular weight is 464 g/mol. The van der Waals surface area contributed by atoms with Crippen LogP contribution in [0.3, 0.4) is 0 Å². The van der Waals surface area contributed by atoms with E-state index in [2.05, 4.69) is 17.6 Å². The van der Waals surface area contributed by atoms with Crippen molar-refractivity contribution in [2.45, 2.75) is 39.2 Å². The molecule has 0 aliphatic carbocycles. The number of aryl methyl sites for hydroxylation is 1. The molecular formula is C26H29N3O5. The van der Waals surface area contributed by atoms with Crippen LogP contribution in [0.4, 0.5) is 10.5 Å². The Balaban J connectivity index is 1.52. The Hall–Kier alpha value is -3.81. The smallest absolute Gasteiger partial charge is 0.338 e. The second kappa shape index (κ2) is 10.4. The van der Waals surface area contributed by atoms with E-state index >= 15 is 0 Å². The zero-order valence-corrected chi connectivity index (χ0v) is 19.4. The van der Waals surface area contributed by atoms with E-state index in [0.29, 0.717) is 34.9 Å². The van der Waals surface area contributed by atoms with Crippen molar-refractivity contribution in [3.8, 4) is 5.75 Å². The van der Waals surface area contributed by atoms with E-state index in [9.17, 15) is 14.4 Å². The van der Waals surface area contributed by atoms with Crippen LogP contribution in [0.5, 0.6) is 5.75 Å². The summed E-state index contributed by atoms with van der Waals surface area (Å²) in [6, 6.07) is 13.7. The number of rotatable bonds is 9. The molecule has 0 aromatic heterocycles. The Bertz CT molecular complexity index is 1110. The summed E-state index contributed by atoms with van der Waals surface area (Å²) in [6.45, 7) is 4.16. The lowest BCUT2D eigenvalue weighted by Crippen LogP contribution is -2.49. The summed E-state index contributed by atoms with van der Waals surface area (Å²) in [5, 5.41) is 5.67. The third-order valence-electron chi connectivity index (χ3n) is 5.89. The molecule has 8 heteroatoms. The number of esters is 1. The van der Waals surface area contributed by atoms with Gasteiger partial charge in [0.05, 0.1) is 23.9 Å². The number of hydrogen-bond donors (Lipinski definition) is 2. The average Bonchev–Trinajstić information content (AvgIpc) is 3.22. The molecular weight excluding hydrogens is 434 g/mol. The Morgan fingerprint density at radius 1 is 1.15 bits per heavy atom. The lowest BCUT2D eigenvalue weighted by molar-refractivity contribution is -0.136. The summed E-state index contributed by atoms with van der Waals surface area (Å²) >= 11 is 0. The Morgan fingerprint density at radius 2 is 1.91 bits per heavy atom. The van der Waals surface area contributed by atoms with Gasteiger partial charge in [-0.05, 0) is 43.5 Å². The number of carbonyl (C=O) groups excluding carboxylic acids is 3. The van der Waals surface area contributed by atoms with Gasteiger partial charge >= 0.3 is 12.0 Å². The van der Waals surface area contributed by atoms with Crippen LogP contribution in [-0.2, 0) is 20.7 Å². The first kappa shape index (κ1) is 23.4. The van der Waals surface area contributed by atoms with Gasteiger partial charge in [0.15, 0.2) is 0 Å². The van der Waals surface area contributed by atoms with Gasteiger partial charge in [-0.15, -0.1) is 0 Å². The van der Waals surface area contributed by atoms with Gasteiger partial charge in [0.2, 0.25) is 5.91 Å². The van der Waals surface area contributed by atoms with Crippen LogP contribution in [0.25, 0.3) is 0 Å². The monoisotopic (exact) mass is 463 g/mol. The first-order chi connectivity index (χ1) is 16.5. The predicted molar refractivity (Wildman–Crippen MR) is 127 cm³/mol. The standard InChI is InChI=1S/C26H29N3O5/c1-3-5-8-17-11-13-18(14-12-17)27-22(30)15-29-20-16-34-25(31)23(20)24(28-26(29)32)19-9-6-7-10-21(19)33-4-2/h6-7,9-14,24H,3-5,8,15-16H2,1-2H3,(H,27,30)(H,28,32)/t24-/m1/s1. The summed E-state index contributed by atoms with van der Waals surface area (Å²) in [7, 11) is 0. The summed E-state index contributed by atoms with van der Waals surface area (Å²) in [4.78, 5) is 39.6. The first-order valence-electron chi connectivity index (χ1n) is 11.6. The van der Waals surface area contributed by atoms with Crippen molar-refractivity contribution in [2.24, 2.45) is 0 Å². The quantitative estimate of drug-likeness (QED) is 0.549. The van der Waals surface area contributed by atoms with E-state index in [0.717, 1.165) is 19.3 Å². The minimum absolute atomic E-state index is 0.0612. The molecule has 0 spiro atoms. The molecule has 4 rings (SSSR count). The Kier molecular flexibility index (Phi) is 7.15. The Labute approximate surface area is 198 Å². The minimum Gasteiger partial charge on any atom is -0.494 e. The second-order valence-electron chi connectivity index (χ2n) is 8.22. The summed E-state index contributed by atoms with van der Waals surface area (Å²) < 4.78 is 10.9. The molecule has 2 aromatic rings. The van der Waals surface area contributed by atoms with Gasteiger partial charge in [0.25, 0.3) is 0 Å². The number of para-hydroxylation sites is 1. The van der Waals surface area contributed by atoms with Crippen LogP contribution < -0.4 is 15.4 Å². The van der Waals surface area contributed by atoms with Gasteiger partial charge in [-0.1, -0.05) is 43.7 Å². The number of amides is 3. The van der Waals surface area contributed by atoms with E-state index in [1.54, 1.807) is 12.1 Å². The van der Waals surface area contributed by atoms with E-state index in [1.807, 2.05) is 43.3 Å². The maximum Gasteiger partial charge on any atom is 0.338 e. The molecule has 2 aliphatic heterocycles. The van der Waals surface area contributed by atoms with Crippen LogP contribution in [-0.4, -0.2) is 42.6 Å². The van der Waals surface area contributed by atoms with Crippen molar-refractivity contribution in [3.05, 3.63) is 70.9 Å². The topological polar surface area (TPSA) is 97.0 Å². The predicted octanol–water partition coefficient (Wildman–Crippen LogP) is 3.94. The van der Waals surface area contributed by atoms with Crippen molar-refractivity contribution < 1.29 is 23.9 Å².